The Labute approximate surface area is 106 Å². The Bertz CT molecular complexity index is 412. The second kappa shape index (κ2) is 5.73. The number of halogens is 2. The average Bonchev–Trinajstić information content (AvgIpc) is 2.33. The molecule has 1 saturated heterocycles. The van der Waals surface area contributed by atoms with Crippen LogP contribution in [0.15, 0.2) is 18.2 Å². The number of nitrogens with two attached hydrogens (primary N) is 1. The van der Waals surface area contributed by atoms with Crippen LogP contribution in [0.4, 0.5) is 8.78 Å². The van der Waals surface area contributed by atoms with Gasteiger partial charge in [0.05, 0.1) is 12.7 Å². The number of morpholine rings is 1. The summed E-state index contributed by atoms with van der Waals surface area (Å²) >= 11 is 0. The molecule has 0 spiro atoms. The molecule has 0 bridgehead atoms. The van der Waals surface area contributed by atoms with Gasteiger partial charge in [-0.3, -0.25) is 4.90 Å². The number of ether oxygens (including phenoxy) is 1. The fourth-order valence-corrected chi connectivity index (χ4v) is 2.08. The summed E-state index contributed by atoms with van der Waals surface area (Å²) < 4.78 is 31.9. The monoisotopic (exact) mass is 256 g/mol. The Morgan fingerprint density at radius 1 is 1.50 bits per heavy atom. The lowest BCUT2D eigenvalue weighted by molar-refractivity contribution is -0.0406. The molecule has 1 fully saturated rings. The van der Waals surface area contributed by atoms with E-state index in [1.165, 1.54) is 12.1 Å². The van der Waals surface area contributed by atoms with E-state index in [1.54, 1.807) is 0 Å². The van der Waals surface area contributed by atoms with Crippen LogP contribution in [0.3, 0.4) is 0 Å². The maximum absolute atomic E-state index is 13.5. The van der Waals surface area contributed by atoms with E-state index < -0.39 is 11.6 Å². The van der Waals surface area contributed by atoms with Crippen LogP contribution < -0.4 is 5.73 Å². The zero-order valence-corrected chi connectivity index (χ0v) is 10.4. The summed E-state index contributed by atoms with van der Waals surface area (Å²) in [5, 5.41) is 0. The van der Waals surface area contributed by atoms with Crippen LogP contribution in [0.25, 0.3) is 0 Å². The zero-order chi connectivity index (χ0) is 13.1. The zero-order valence-electron chi connectivity index (χ0n) is 10.4. The van der Waals surface area contributed by atoms with Gasteiger partial charge >= 0.3 is 0 Å². The molecule has 2 atom stereocenters. The van der Waals surface area contributed by atoms with Crippen molar-refractivity contribution in [2.24, 2.45) is 5.73 Å². The van der Waals surface area contributed by atoms with Crippen LogP contribution in [-0.4, -0.2) is 36.7 Å². The van der Waals surface area contributed by atoms with E-state index in [9.17, 15) is 8.78 Å². The van der Waals surface area contributed by atoms with Crippen LogP contribution in [0.2, 0.25) is 0 Å². The molecular weight excluding hydrogens is 238 g/mol. The minimum Gasteiger partial charge on any atom is -0.374 e. The number of hydrogen-bond donors (Lipinski definition) is 1. The third-order valence-electron chi connectivity index (χ3n) is 3.17. The second-order valence-electron chi connectivity index (χ2n) is 4.74. The fourth-order valence-electron chi connectivity index (χ4n) is 2.08. The number of benzene rings is 1. The third-order valence-corrected chi connectivity index (χ3v) is 3.17. The quantitative estimate of drug-likeness (QED) is 0.891. The van der Waals surface area contributed by atoms with Gasteiger partial charge in [0.15, 0.2) is 0 Å². The summed E-state index contributed by atoms with van der Waals surface area (Å²) in [5.74, 6) is -1.05. The highest BCUT2D eigenvalue weighted by molar-refractivity contribution is 5.18. The fraction of sp³-hybridized carbons (Fsp3) is 0.538. The Kier molecular flexibility index (Phi) is 4.27. The summed E-state index contributed by atoms with van der Waals surface area (Å²) in [6.45, 7) is 4.36. The molecule has 2 unspecified atom stereocenters. The van der Waals surface area contributed by atoms with Crippen LogP contribution in [0.5, 0.6) is 0 Å². The molecule has 100 valence electrons. The van der Waals surface area contributed by atoms with E-state index in [1.807, 2.05) is 6.92 Å². The van der Waals surface area contributed by atoms with Gasteiger partial charge in [0.2, 0.25) is 0 Å². The normalized spacial score (nSPS) is 23.0. The molecule has 0 aliphatic carbocycles. The molecular formula is C13H18F2N2O. The maximum atomic E-state index is 13.5. The smallest absolute Gasteiger partial charge is 0.130 e. The van der Waals surface area contributed by atoms with Crippen molar-refractivity contribution in [1.29, 1.82) is 0 Å². The first-order valence-corrected chi connectivity index (χ1v) is 6.09. The molecule has 1 aromatic rings. The molecule has 0 aromatic heterocycles. The van der Waals surface area contributed by atoms with Gasteiger partial charge in [0.1, 0.15) is 11.6 Å². The van der Waals surface area contributed by atoms with Gasteiger partial charge in [0.25, 0.3) is 0 Å². The summed E-state index contributed by atoms with van der Waals surface area (Å²) in [7, 11) is 0. The first-order chi connectivity index (χ1) is 8.56. The molecule has 2 N–H and O–H groups in total. The van der Waals surface area contributed by atoms with E-state index in [2.05, 4.69) is 4.90 Å². The van der Waals surface area contributed by atoms with Crippen LogP contribution in [-0.2, 0) is 11.3 Å². The van der Waals surface area contributed by atoms with Crippen molar-refractivity contribution >= 4 is 0 Å². The van der Waals surface area contributed by atoms with Gasteiger partial charge < -0.3 is 10.5 Å². The number of rotatable bonds is 3. The Hall–Kier alpha value is -1.04. The average molecular weight is 256 g/mol. The van der Waals surface area contributed by atoms with Crippen molar-refractivity contribution in [2.45, 2.75) is 25.6 Å². The molecule has 3 nitrogen and oxygen atoms in total. The molecule has 5 heteroatoms. The summed E-state index contributed by atoms with van der Waals surface area (Å²) in [6.07, 6.45) is -0.0257. The highest BCUT2D eigenvalue weighted by Crippen LogP contribution is 2.15. The first-order valence-electron chi connectivity index (χ1n) is 6.09. The van der Waals surface area contributed by atoms with Gasteiger partial charge in [0, 0.05) is 37.3 Å². The number of hydrogen-bond acceptors (Lipinski definition) is 3. The largest absolute Gasteiger partial charge is 0.374 e. The van der Waals surface area contributed by atoms with Gasteiger partial charge in [-0.05, 0) is 13.0 Å². The first kappa shape index (κ1) is 13.4. The highest BCUT2D eigenvalue weighted by Gasteiger charge is 2.23. The Morgan fingerprint density at radius 3 is 2.94 bits per heavy atom. The van der Waals surface area contributed by atoms with E-state index in [0.29, 0.717) is 25.3 Å². The van der Waals surface area contributed by atoms with Crippen LogP contribution in [0.1, 0.15) is 12.5 Å². The van der Waals surface area contributed by atoms with Crippen molar-refractivity contribution in [3.8, 4) is 0 Å². The highest BCUT2D eigenvalue weighted by atomic mass is 19.1. The lowest BCUT2D eigenvalue weighted by Crippen LogP contribution is -2.49. The predicted molar refractivity (Wildman–Crippen MR) is 65.0 cm³/mol. The maximum Gasteiger partial charge on any atom is 0.130 e. The standard InChI is InChI=1S/C13H18F2N2O/c1-9(16)13-8-17(4-5-18-13)7-10-2-3-11(14)6-12(10)15/h2-3,6,9,13H,4-5,7-8,16H2,1H3. The summed E-state index contributed by atoms with van der Waals surface area (Å²) in [6, 6.07) is 3.63. The predicted octanol–water partition coefficient (Wildman–Crippen LogP) is 1.51. The summed E-state index contributed by atoms with van der Waals surface area (Å²) in [4.78, 5) is 2.08. The van der Waals surface area contributed by atoms with Crippen molar-refractivity contribution in [3.63, 3.8) is 0 Å². The number of nitrogens with zero attached hydrogens (tertiary/aromatic N) is 1. The van der Waals surface area contributed by atoms with Crippen molar-refractivity contribution in [3.05, 3.63) is 35.4 Å². The van der Waals surface area contributed by atoms with Crippen LogP contribution >= 0.6 is 0 Å². The van der Waals surface area contributed by atoms with Gasteiger partial charge in [-0.25, -0.2) is 8.78 Å². The molecule has 0 amide bonds. The minimum absolute atomic E-state index is 0.0257. The Balaban J connectivity index is 2.00. The lowest BCUT2D eigenvalue weighted by atomic mass is 10.1. The summed E-state index contributed by atoms with van der Waals surface area (Å²) in [5.41, 5.74) is 6.30. The van der Waals surface area contributed by atoms with Crippen molar-refractivity contribution in [1.82, 2.24) is 4.90 Å². The molecule has 0 radical (unpaired) electrons. The lowest BCUT2D eigenvalue weighted by Gasteiger charge is -2.34. The third kappa shape index (κ3) is 3.25. The molecule has 1 aliphatic rings. The van der Waals surface area contributed by atoms with Gasteiger partial charge in [-0.15, -0.1) is 0 Å². The van der Waals surface area contributed by atoms with Crippen molar-refractivity contribution in [2.75, 3.05) is 19.7 Å². The molecule has 1 aromatic carbocycles. The van der Waals surface area contributed by atoms with Gasteiger partial charge in [-0.1, -0.05) is 6.07 Å². The Morgan fingerprint density at radius 2 is 2.28 bits per heavy atom. The van der Waals surface area contributed by atoms with Crippen molar-refractivity contribution < 1.29 is 13.5 Å². The second-order valence-corrected chi connectivity index (χ2v) is 4.74. The SMILES string of the molecule is CC(N)C1CN(Cc2ccc(F)cc2F)CCO1. The van der Waals surface area contributed by atoms with E-state index in [0.717, 1.165) is 12.6 Å². The topological polar surface area (TPSA) is 38.5 Å². The molecule has 0 saturated carbocycles. The molecule has 2 rings (SSSR count). The van der Waals surface area contributed by atoms with E-state index in [4.69, 9.17) is 10.5 Å². The van der Waals surface area contributed by atoms with E-state index in [-0.39, 0.29) is 12.1 Å². The molecule has 1 heterocycles. The van der Waals surface area contributed by atoms with Gasteiger partial charge in [-0.2, -0.15) is 0 Å². The van der Waals surface area contributed by atoms with Crippen LogP contribution in [0, 0.1) is 11.6 Å². The molecule has 1 aliphatic heterocycles. The van der Waals surface area contributed by atoms with E-state index >= 15 is 0 Å². The minimum atomic E-state index is -0.549. The molecule has 18 heavy (non-hydrogen) atoms.